The Labute approximate surface area is 239 Å². The second-order valence-electron chi connectivity index (χ2n) is 9.05. The van der Waals surface area contributed by atoms with E-state index in [2.05, 4.69) is 22.0 Å². The number of nitriles is 1. The van der Waals surface area contributed by atoms with E-state index in [4.69, 9.17) is 9.73 Å². The van der Waals surface area contributed by atoms with Gasteiger partial charge in [-0.25, -0.2) is 4.99 Å². The minimum Gasteiger partial charge on any atom is -0.497 e. The highest BCUT2D eigenvalue weighted by Gasteiger charge is 2.26. The normalized spacial score (nSPS) is 10.9. The minimum absolute atomic E-state index is 0.0248. The van der Waals surface area contributed by atoms with Crippen LogP contribution in [0.15, 0.2) is 107 Å². The molecule has 0 atom stereocenters. The van der Waals surface area contributed by atoms with Gasteiger partial charge in [-0.3, -0.25) is 14.7 Å². The van der Waals surface area contributed by atoms with Crippen molar-refractivity contribution in [1.82, 2.24) is 4.57 Å². The van der Waals surface area contributed by atoms with Gasteiger partial charge in [-0.2, -0.15) is 5.26 Å². The summed E-state index contributed by atoms with van der Waals surface area (Å²) in [6.07, 6.45) is 1.71. The molecule has 0 spiro atoms. The molecule has 4 aromatic carbocycles. The van der Waals surface area contributed by atoms with Crippen LogP contribution in [0.4, 0.5) is 11.5 Å². The number of nitrogens with zero attached hydrogens (tertiary/aromatic N) is 4. The Hall–Kier alpha value is -5.00. The van der Waals surface area contributed by atoms with Gasteiger partial charge in [0.05, 0.1) is 17.7 Å². The lowest BCUT2D eigenvalue weighted by molar-refractivity contribution is -0.384. The van der Waals surface area contributed by atoms with Crippen molar-refractivity contribution in [2.45, 2.75) is 6.92 Å². The van der Waals surface area contributed by atoms with E-state index in [1.165, 1.54) is 12.1 Å². The average Bonchev–Trinajstić information content (AvgIpc) is 3.31. The number of hydrogen-bond donors (Lipinski definition) is 0. The number of rotatable bonds is 7. The number of aromatic nitrogens is 1. The number of non-ortho nitro benzene ring substituents is 1. The first-order valence-electron chi connectivity index (χ1n) is 12.3. The zero-order valence-electron chi connectivity index (χ0n) is 21.7. The summed E-state index contributed by atoms with van der Waals surface area (Å²) in [6, 6.07) is 31.9. The van der Waals surface area contributed by atoms with Crippen molar-refractivity contribution >= 4 is 33.6 Å². The maximum atomic E-state index is 11.3. The maximum Gasteiger partial charge on any atom is 0.269 e. The van der Waals surface area contributed by atoms with Gasteiger partial charge >= 0.3 is 0 Å². The third-order valence-corrected chi connectivity index (χ3v) is 7.01. The van der Waals surface area contributed by atoms with Crippen LogP contribution < -0.4 is 4.74 Å². The maximum absolute atomic E-state index is 11.3. The molecule has 1 aromatic heterocycles. The molecular weight excluding hydrogens is 568 g/mol. The average molecular weight is 591 g/mol. The standard InChI is InChI=1S/C32H23BrN4O3/c1-21-3-13-26(14-4-21)36-31(24-7-11-25(33)12-8-24)30(23-9-15-27(16-10-23)37(38)39)29(19-34)32(36)35-20-22-5-17-28(40-2)18-6-22/h3-18,20H,1-2H3/b35-20+. The quantitative estimate of drug-likeness (QED) is 0.108. The van der Waals surface area contributed by atoms with Gasteiger partial charge < -0.3 is 4.74 Å². The summed E-state index contributed by atoms with van der Waals surface area (Å²) in [4.78, 5) is 15.8. The van der Waals surface area contributed by atoms with Gasteiger partial charge in [-0.1, -0.05) is 45.8 Å². The second-order valence-corrected chi connectivity index (χ2v) is 9.96. The molecule has 0 aliphatic heterocycles. The van der Waals surface area contributed by atoms with Crippen molar-refractivity contribution in [3.63, 3.8) is 0 Å². The molecule has 5 rings (SSSR count). The van der Waals surface area contributed by atoms with Crippen LogP contribution in [0, 0.1) is 28.4 Å². The molecule has 5 aromatic rings. The molecule has 0 aliphatic carbocycles. The number of nitro groups is 1. The molecule has 196 valence electrons. The van der Waals surface area contributed by atoms with Crippen molar-refractivity contribution in [1.29, 1.82) is 5.26 Å². The van der Waals surface area contributed by atoms with Gasteiger partial charge in [0.2, 0.25) is 0 Å². The molecular formula is C32H23BrN4O3. The largest absolute Gasteiger partial charge is 0.497 e. The molecule has 0 bridgehead atoms. The highest BCUT2D eigenvalue weighted by molar-refractivity contribution is 9.10. The van der Waals surface area contributed by atoms with Crippen LogP contribution in [-0.2, 0) is 0 Å². The third kappa shape index (κ3) is 5.28. The van der Waals surface area contributed by atoms with E-state index in [0.717, 1.165) is 38.3 Å². The van der Waals surface area contributed by atoms with E-state index >= 15 is 0 Å². The number of nitro benzene ring substituents is 1. The van der Waals surface area contributed by atoms with Crippen molar-refractivity contribution in [2.75, 3.05) is 7.11 Å². The SMILES string of the molecule is COc1ccc(/C=N/c2c(C#N)c(-c3ccc([N+](=O)[O-])cc3)c(-c3ccc(Br)cc3)n2-c2ccc(C)cc2)cc1. The van der Waals surface area contributed by atoms with Crippen molar-refractivity contribution < 1.29 is 9.66 Å². The number of methoxy groups -OCH3 is 1. The second kappa shape index (κ2) is 11.4. The first-order valence-corrected chi connectivity index (χ1v) is 13.1. The highest BCUT2D eigenvalue weighted by atomic mass is 79.9. The van der Waals surface area contributed by atoms with Crippen LogP contribution in [0.2, 0.25) is 0 Å². The molecule has 1 heterocycles. The smallest absolute Gasteiger partial charge is 0.269 e. The van der Waals surface area contributed by atoms with Crippen LogP contribution in [0.5, 0.6) is 5.75 Å². The Kier molecular flexibility index (Phi) is 7.58. The molecule has 0 aliphatic rings. The molecule has 0 amide bonds. The predicted octanol–water partition coefficient (Wildman–Crippen LogP) is 8.42. The van der Waals surface area contributed by atoms with Crippen LogP contribution in [0.1, 0.15) is 16.7 Å². The topological polar surface area (TPSA) is 93.4 Å². The van der Waals surface area contributed by atoms with Crippen LogP contribution >= 0.6 is 15.9 Å². The molecule has 0 fully saturated rings. The Bertz CT molecular complexity index is 1750. The number of aliphatic imine (C=N–C) groups is 1. The first kappa shape index (κ1) is 26.6. The van der Waals surface area contributed by atoms with Crippen molar-refractivity contribution in [3.05, 3.63) is 128 Å². The zero-order valence-corrected chi connectivity index (χ0v) is 23.3. The van der Waals surface area contributed by atoms with Crippen molar-refractivity contribution in [2.24, 2.45) is 4.99 Å². The lowest BCUT2D eigenvalue weighted by atomic mass is 9.97. The monoisotopic (exact) mass is 590 g/mol. The Balaban J connectivity index is 1.83. The van der Waals surface area contributed by atoms with E-state index in [-0.39, 0.29) is 5.69 Å². The highest BCUT2D eigenvalue weighted by Crippen LogP contribution is 2.45. The Morgan fingerprint density at radius 1 is 0.925 bits per heavy atom. The van der Waals surface area contributed by atoms with E-state index in [0.29, 0.717) is 22.5 Å². The number of benzene rings is 4. The zero-order chi connectivity index (χ0) is 28.2. The lowest BCUT2D eigenvalue weighted by Gasteiger charge is -2.14. The van der Waals surface area contributed by atoms with Gasteiger partial charge in [-0.05, 0) is 84.3 Å². The molecule has 8 heteroatoms. The fourth-order valence-electron chi connectivity index (χ4n) is 4.47. The van der Waals surface area contributed by atoms with Crippen LogP contribution in [0.3, 0.4) is 0 Å². The molecule has 0 saturated heterocycles. The third-order valence-electron chi connectivity index (χ3n) is 6.49. The molecule has 0 unspecified atom stereocenters. The fourth-order valence-corrected chi connectivity index (χ4v) is 4.74. The number of hydrogen-bond acceptors (Lipinski definition) is 5. The predicted molar refractivity (Wildman–Crippen MR) is 161 cm³/mol. The first-order chi connectivity index (χ1) is 19.4. The Morgan fingerprint density at radius 3 is 2.12 bits per heavy atom. The summed E-state index contributed by atoms with van der Waals surface area (Å²) in [5.41, 5.74) is 6.02. The number of halogens is 1. The van der Waals surface area contributed by atoms with E-state index in [1.807, 2.05) is 84.3 Å². The van der Waals surface area contributed by atoms with Gasteiger partial charge in [-0.15, -0.1) is 0 Å². The van der Waals surface area contributed by atoms with Gasteiger partial charge in [0.1, 0.15) is 17.4 Å². The summed E-state index contributed by atoms with van der Waals surface area (Å²) in [7, 11) is 1.61. The van der Waals surface area contributed by atoms with Crippen LogP contribution in [-0.4, -0.2) is 22.8 Å². The number of aryl methyl sites for hydroxylation is 1. The van der Waals surface area contributed by atoms with Gasteiger partial charge in [0.15, 0.2) is 5.82 Å². The van der Waals surface area contributed by atoms with Crippen molar-refractivity contribution in [3.8, 4) is 39.9 Å². The Morgan fingerprint density at radius 2 is 1.55 bits per heavy atom. The van der Waals surface area contributed by atoms with E-state index < -0.39 is 4.92 Å². The number of ether oxygens (including phenoxy) is 1. The van der Waals surface area contributed by atoms with Gasteiger partial charge in [0, 0.05) is 34.1 Å². The summed E-state index contributed by atoms with van der Waals surface area (Å²) < 4.78 is 8.15. The van der Waals surface area contributed by atoms with Crippen LogP contribution in [0.25, 0.3) is 28.1 Å². The fraction of sp³-hybridized carbons (Fsp3) is 0.0625. The molecule has 0 saturated carbocycles. The molecule has 0 radical (unpaired) electrons. The summed E-state index contributed by atoms with van der Waals surface area (Å²) in [5, 5.41) is 21.9. The van der Waals surface area contributed by atoms with E-state index in [9.17, 15) is 15.4 Å². The molecule has 40 heavy (non-hydrogen) atoms. The molecule has 0 N–H and O–H groups in total. The minimum atomic E-state index is -0.438. The summed E-state index contributed by atoms with van der Waals surface area (Å²) in [5.74, 6) is 1.18. The summed E-state index contributed by atoms with van der Waals surface area (Å²) in [6.45, 7) is 2.01. The molecule has 7 nitrogen and oxygen atoms in total. The summed E-state index contributed by atoms with van der Waals surface area (Å²) >= 11 is 3.51. The van der Waals surface area contributed by atoms with Gasteiger partial charge in [0.25, 0.3) is 5.69 Å². The van der Waals surface area contributed by atoms with E-state index in [1.54, 1.807) is 25.5 Å². The lowest BCUT2D eigenvalue weighted by Crippen LogP contribution is -1.98.